The van der Waals surface area contributed by atoms with Crippen molar-refractivity contribution in [2.75, 3.05) is 23.7 Å². The van der Waals surface area contributed by atoms with Crippen LogP contribution in [0.3, 0.4) is 0 Å². The predicted octanol–water partition coefficient (Wildman–Crippen LogP) is 3.52. The second kappa shape index (κ2) is 4.71. The quantitative estimate of drug-likeness (QED) is 0.781. The van der Waals surface area contributed by atoms with Gasteiger partial charge in [-0.1, -0.05) is 6.92 Å². The van der Waals surface area contributed by atoms with Gasteiger partial charge in [-0.05, 0) is 37.0 Å². The Kier molecular flexibility index (Phi) is 3.41. The lowest BCUT2D eigenvalue weighted by Crippen LogP contribution is -2.34. The summed E-state index contributed by atoms with van der Waals surface area (Å²) in [6, 6.07) is 3.79. The molecule has 1 aromatic carbocycles. The largest absolute Gasteiger partial charge is 0.416 e. The normalized spacial score (nSPS) is 21.1. The fourth-order valence-corrected chi connectivity index (χ4v) is 2.40. The van der Waals surface area contributed by atoms with E-state index < -0.39 is 11.7 Å². The van der Waals surface area contributed by atoms with Crippen LogP contribution < -0.4 is 10.6 Å². The molecule has 2 rings (SSSR count). The van der Waals surface area contributed by atoms with E-state index in [-0.39, 0.29) is 5.69 Å². The monoisotopic (exact) mass is 258 g/mol. The van der Waals surface area contributed by atoms with E-state index in [4.69, 9.17) is 5.73 Å². The van der Waals surface area contributed by atoms with Gasteiger partial charge in [-0.25, -0.2) is 0 Å². The molecule has 0 radical (unpaired) electrons. The van der Waals surface area contributed by atoms with Crippen molar-refractivity contribution in [2.24, 2.45) is 5.92 Å². The van der Waals surface area contributed by atoms with E-state index in [9.17, 15) is 13.2 Å². The van der Waals surface area contributed by atoms with Crippen molar-refractivity contribution in [3.8, 4) is 0 Å². The number of nitrogens with two attached hydrogens (primary N) is 1. The highest BCUT2D eigenvalue weighted by atomic mass is 19.4. The first kappa shape index (κ1) is 13.1. The number of anilines is 2. The number of benzene rings is 1. The van der Waals surface area contributed by atoms with Crippen LogP contribution in [0.1, 0.15) is 25.3 Å². The second-order valence-electron chi connectivity index (χ2n) is 5.00. The molecule has 1 aromatic rings. The van der Waals surface area contributed by atoms with Crippen LogP contribution in [0.15, 0.2) is 18.2 Å². The standard InChI is InChI=1S/C13H17F3N2/c1-9-3-2-4-18(8-9)12-6-10(13(14,15)16)5-11(17)7-12/h5-7,9H,2-4,8,17H2,1H3. The van der Waals surface area contributed by atoms with Gasteiger partial charge in [-0.15, -0.1) is 0 Å². The highest BCUT2D eigenvalue weighted by molar-refractivity contribution is 5.59. The van der Waals surface area contributed by atoms with Crippen LogP contribution in [0.25, 0.3) is 0 Å². The first-order chi connectivity index (χ1) is 8.36. The summed E-state index contributed by atoms with van der Waals surface area (Å²) in [5.74, 6) is 0.509. The molecule has 1 heterocycles. The number of nitrogen functional groups attached to an aromatic ring is 1. The highest BCUT2D eigenvalue weighted by Gasteiger charge is 2.31. The smallest absolute Gasteiger partial charge is 0.399 e. The third-order valence-electron chi connectivity index (χ3n) is 3.29. The molecule has 100 valence electrons. The Morgan fingerprint density at radius 1 is 1.28 bits per heavy atom. The van der Waals surface area contributed by atoms with Gasteiger partial charge in [-0.2, -0.15) is 13.2 Å². The SMILES string of the molecule is CC1CCCN(c2cc(N)cc(C(F)(F)F)c2)C1. The number of piperidine rings is 1. The number of hydrogen-bond acceptors (Lipinski definition) is 2. The minimum atomic E-state index is -4.34. The lowest BCUT2D eigenvalue weighted by molar-refractivity contribution is -0.137. The summed E-state index contributed by atoms with van der Waals surface area (Å²) in [5, 5.41) is 0. The first-order valence-corrected chi connectivity index (χ1v) is 6.09. The summed E-state index contributed by atoms with van der Waals surface area (Å²) in [6.07, 6.45) is -2.20. The zero-order valence-electron chi connectivity index (χ0n) is 10.3. The van der Waals surface area contributed by atoms with E-state index in [2.05, 4.69) is 6.92 Å². The number of rotatable bonds is 1. The van der Waals surface area contributed by atoms with Crippen molar-refractivity contribution in [2.45, 2.75) is 25.9 Å². The average molecular weight is 258 g/mol. The average Bonchev–Trinajstić information content (AvgIpc) is 2.27. The van der Waals surface area contributed by atoms with E-state index >= 15 is 0 Å². The lowest BCUT2D eigenvalue weighted by atomic mass is 9.99. The molecule has 0 spiro atoms. The van der Waals surface area contributed by atoms with Gasteiger partial charge in [0.05, 0.1) is 5.56 Å². The predicted molar refractivity (Wildman–Crippen MR) is 66.5 cm³/mol. The maximum Gasteiger partial charge on any atom is 0.416 e. The Labute approximate surface area is 105 Å². The molecule has 5 heteroatoms. The summed E-state index contributed by atoms with van der Waals surface area (Å²) >= 11 is 0. The van der Waals surface area contributed by atoms with Crippen LogP contribution in [-0.4, -0.2) is 13.1 Å². The molecule has 18 heavy (non-hydrogen) atoms. The van der Waals surface area contributed by atoms with Gasteiger partial charge in [0.15, 0.2) is 0 Å². The molecule has 1 atom stereocenters. The minimum absolute atomic E-state index is 0.165. The van der Waals surface area contributed by atoms with Gasteiger partial charge >= 0.3 is 6.18 Å². The molecule has 1 unspecified atom stereocenters. The van der Waals surface area contributed by atoms with Crippen LogP contribution in [0.5, 0.6) is 0 Å². The maximum absolute atomic E-state index is 12.7. The fraction of sp³-hybridized carbons (Fsp3) is 0.538. The molecule has 0 aromatic heterocycles. The topological polar surface area (TPSA) is 29.3 Å². The van der Waals surface area contributed by atoms with Gasteiger partial charge in [0, 0.05) is 24.5 Å². The number of alkyl halides is 3. The number of halogens is 3. The highest BCUT2D eigenvalue weighted by Crippen LogP contribution is 2.34. The molecular formula is C13H17F3N2. The van der Waals surface area contributed by atoms with Crippen molar-refractivity contribution >= 4 is 11.4 Å². The van der Waals surface area contributed by atoms with Gasteiger partial charge in [0.25, 0.3) is 0 Å². The van der Waals surface area contributed by atoms with E-state index in [0.29, 0.717) is 11.6 Å². The van der Waals surface area contributed by atoms with Gasteiger partial charge in [0.2, 0.25) is 0 Å². The molecule has 0 aliphatic carbocycles. The Balaban J connectivity index is 2.30. The van der Waals surface area contributed by atoms with E-state index in [0.717, 1.165) is 32.0 Å². The van der Waals surface area contributed by atoms with Crippen molar-refractivity contribution < 1.29 is 13.2 Å². The Hall–Kier alpha value is -1.39. The molecule has 1 saturated heterocycles. The van der Waals surface area contributed by atoms with Gasteiger partial charge in [-0.3, -0.25) is 0 Å². The summed E-state index contributed by atoms with van der Waals surface area (Å²) in [5.41, 5.74) is 5.64. The molecule has 0 bridgehead atoms. The number of hydrogen-bond donors (Lipinski definition) is 1. The summed E-state index contributed by atoms with van der Waals surface area (Å²) in [6.45, 7) is 3.70. The Bertz CT molecular complexity index is 429. The molecule has 1 aliphatic rings. The molecule has 1 fully saturated rings. The number of nitrogens with zero attached hydrogens (tertiary/aromatic N) is 1. The van der Waals surface area contributed by atoms with E-state index in [1.807, 2.05) is 4.90 Å². The fourth-order valence-electron chi connectivity index (χ4n) is 2.40. The van der Waals surface area contributed by atoms with Crippen LogP contribution in [0.2, 0.25) is 0 Å². The summed E-state index contributed by atoms with van der Waals surface area (Å²) < 4.78 is 38.2. The third kappa shape index (κ3) is 2.89. The molecule has 2 nitrogen and oxygen atoms in total. The van der Waals surface area contributed by atoms with Crippen LogP contribution in [-0.2, 0) is 6.18 Å². The summed E-state index contributed by atoms with van der Waals surface area (Å²) in [7, 11) is 0. The van der Waals surface area contributed by atoms with E-state index in [1.54, 1.807) is 6.07 Å². The molecule has 0 amide bonds. The molecule has 0 saturated carbocycles. The minimum Gasteiger partial charge on any atom is -0.399 e. The molecule has 2 N–H and O–H groups in total. The van der Waals surface area contributed by atoms with Crippen LogP contribution >= 0.6 is 0 Å². The summed E-state index contributed by atoms with van der Waals surface area (Å²) in [4.78, 5) is 1.99. The van der Waals surface area contributed by atoms with Gasteiger partial charge < -0.3 is 10.6 Å². The maximum atomic E-state index is 12.7. The van der Waals surface area contributed by atoms with Gasteiger partial charge in [0.1, 0.15) is 0 Å². The van der Waals surface area contributed by atoms with Crippen LogP contribution in [0, 0.1) is 5.92 Å². The van der Waals surface area contributed by atoms with Crippen LogP contribution in [0.4, 0.5) is 24.5 Å². The van der Waals surface area contributed by atoms with Crippen molar-refractivity contribution in [1.29, 1.82) is 0 Å². The first-order valence-electron chi connectivity index (χ1n) is 6.09. The second-order valence-corrected chi connectivity index (χ2v) is 5.00. The van der Waals surface area contributed by atoms with Crippen molar-refractivity contribution in [3.63, 3.8) is 0 Å². The Morgan fingerprint density at radius 2 is 2.00 bits per heavy atom. The van der Waals surface area contributed by atoms with Crippen molar-refractivity contribution in [1.82, 2.24) is 0 Å². The molecule has 1 aliphatic heterocycles. The zero-order valence-corrected chi connectivity index (χ0v) is 10.3. The Morgan fingerprint density at radius 3 is 2.61 bits per heavy atom. The molecular weight excluding hydrogens is 241 g/mol. The van der Waals surface area contributed by atoms with Crippen molar-refractivity contribution in [3.05, 3.63) is 23.8 Å². The lowest BCUT2D eigenvalue weighted by Gasteiger charge is -2.33. The third-order valence-corrected chi connectivity index (χ3v) is 3.29. The zero-order chi connectivity index (χ0) is 13.3. The van der Waals surface area contributed by atoms with E-state index in [1.165, 1.54) is 6.07 Å².